The van der Waals surface area contributed by atoms with E-state index in [0.717, 1.165) is 23.4 Å². The van der Waals surface area contributed by atoms with Crippen LogP contribution in [0.25, 0.3) is 22.4 Å². The van der Waals surface area contributed by atoms with Crippen molar-refractivity contribution in [2.24, 2.45) is 0 Å². The van der Waals surface area contributed by atoms with E-state index >= 15 is 0 Å². The summed E-state index contributed by atoms with van der Waals surface area (Å²) < 4.78 is 5.26. The quantitative estimate of drug-likeness (QED) is 0.439. The Kier molecular flexibility index (Phi) is 4.97. The van der Waals surface area contributed by atoms with Crippen molar-refractivity contribution in [3.05, 3.63) is 108 Å². The fraction of sp³-hybridized carbons (Fsp3) is 0.0800. The molecule has 0 bridgehead atoms. The average Bonchev–Trinajstić information content (AvgIpc) is 2.75. The molecule has 1 aromatic heterocycles. The number of rotatable bonds is 5. The zero-order valence-electron chi connectivity index (χ0n) is 15.3. The van der Waals surface area contributed by atoms with E-state index in [1.54, 1.807) is 7.11 Å². The zero-order chi connectivity index (χ0) is 18.5. The minimum Gasteiger partial charge on any atom is -0.497 e. The second-order valence-electron chi connectivity index (χ2n) is 6.48. The molecule has 0 aliphatic carbocycles. The van der Waals surface area contributed by atoms with E-state index in [2.05, 4.69) is 65.6 Å². The second kappa shape index (κ2) is 7.88. The SMILES string of the molecule is COc1ccc(Cc2ccccc2-c2cccc(-c3ccccn3)c2)cc1. The third kappa shape index (κ3) is 3.90. The maximum atomic E-state index is 5.26. The molecule has 0 spiro atoms. The summed E-state index contributed by atoms with van der Waals surface area (Å²) in [7, 11) is 1.69. The van der Waals surface area contributed by atoms with E-state index in [4.69, 9.17) is 4.74 Å². The molecule has 0 saturated carbocycles. The van der Waals surface area contributed by atoms with Gasteiger partial charge >= 0.3 is 0 Å². The van der Waals surface area contributed by atoms with Gasteiger partial charge in [0.05, 0.1) is 12.8 Å². The molecule has 3 aromatic carbocycles. The summed E-state index contributed by atoms with van der Waals surface area (Å²) in [6, 6.07) is 31.5. The van der Waals surface area contributed by atoms with Crippen LogP contribution in [-0.4, -0.2) is 12.1 Å². The highest BCUT2D eigenvalue weighted by molar-refractivity contribution is 5.73. The lowest BCUT2D eigenvalue weighted by molar-refractivity contribution is 0.414. The van der Waals surface area contributed by atoms with Crippen LogP contribution in [0.4, 0.5) is 0 Å². The van der Waals surface area contributed by atoms with Gasteiger partial charge in [0, 0.05) is 11.8 Å². The van der Waals surface area contributed by atoms with E-state index in [1.807, 2.05) is 36.5 Å². The smallest absolute Gasteiger partial charge is 0.118 e. The molecule has 2 nitrogen and oxygen atoms in total. The Bertz CT molecular complexity index is 1020. The molecule has 2 heteroatoms. The number of nitrogens with zero attached hydrogens (tertiary/aromatic N) is 1. The second-order valence-corrected chi connectivity index (χ2v) is 6.48. The number of methoxy groups -OCH3 is 1. The van der Waals surface area contributed by atoms with Crippen LogP contribution in [0.5, 0.6) is 5.75 Å². The van der Waals surface area contributed by atoms with Crippen LogP contribution in [0.3, 0.4) is 0 Å². The van der Waals surface area contributed by atoms with Gasteiger partial charge in [-0.15, -0.1) is 0 Å². The lowest BCUT2D eigenvalue weighted by Gasteiger charge is -2.12. The Balaban J connectivity index is 1.68. The van der Waals surface area contributed by atoms with E-state index in [-0.39, 0.29) is 0 Å². The molecular formula is C25H21NO. The van der Waals surface area contributed by atoms with Crippen molar-refractivity contribution in [3.63, 3.8) is 0 Å². The van der Waals surface area contributed by atoms with Gasteiger partial charge in [-0.2, -0.15) is 0 Å². The van der Waals surface area contributed by atoms with Crippen molar-refractivity contribution >= 4 is 0 Å². The summed E-state index contributed by atoms with van der Waals surface area (Å²) in [5.41, 5.74) is 7.16. The molecule has 132 valence electrons. The van der Waals surface area contributed by atoms with Gasteiger partial charge in [0.15, 0.2) is 0 Å². The topological polar surface area (TPSA) is 22.1 Å². The Labute approximate surface area is 160 Å². The predicted molar refractivity (Wildman–Crippen MR) is 111 cm³/mol. The van der Waals surface area contributed by atoms with Crippen molar-refractivity contribution in [1.82, 2.24) is 4.98 Å². The van der Waals surface area contributed by atoms with Crippen LogP contribution >= 0.6 is 0 Å². The number of aromatic nitrogens is 1. The Morgan fingerprint density at radius 2 is 1.52 bits per heavy atom. The molecule has 1 heterocycles. The van der Waals surface area contributed by atoms with Crippen LogP contribution in [-0.2, 0) is 6.42 Å². The minimum atomic E-state index is 0.883. The molecule has 0 amide bonds. The summed E-state index contributed by atoms with van der Waals surface area (Å²) in [6.45, 7) is 0. The van der Waals surface area contributed by atoms with E-state index in [1.165, 1.54) is 22.3 Å². The molecule has 0 unspecified atom stereocenters. The van der Waals surface area contributed by atoms with E-state index in [9.17, 15) is 0 Å². The third-order valence-electron chi connectivity index (χ3n) is 4.71. The largest absolute Gasteiger partial charge is 0.497 e. The summed E-state index contributed by atoms with van der Waals surface area (Å²) in [5.74, 6) is 0.884. The molecule has 0 aliphatic heterocycles. The van der Waals surface area contributed by atoms with E-state index in [0.29, 0.717) is 0 Å². The van der Waals surface area contributed by atoms with Gasteiger partial charge in [0.1, 0.15) is 5.75 Å². The normalized spacial score (nSPS) is 10.6. The maximum Gasteiger partial charge on any atom is 0.118 e. The van der Waals surface area contributed by atoms with E-state index < -0.39 is 0 Å². The van der Waals surface area contributed by atoms with Gasteiger partial charge in [0.25, 0.3) is 0 Å². The highest BCUT2D eigenvalue weighted by atomic mass is 16.5. The van der Waals surface area contributed by atoms with Gasteiger partial charge in [-0.3, -0.25) is 4.98 Å². The number of pyridine rings is 1. The first kappa shape index (κ1) is 17.0. The third-order valence-corrected chi connectivity index (χ3v) is 4.71. The predicted octanol–water partition coefficient (Wildman–Crippen LogP) is 6.02. The Morgan fingerprint density at radius 1 is 0.741 bits per heavy atom. The monoisotopic (exact) mass is 351 g/mol. The molecule has 4 aromatic rings. The summed E-state index contributed by atoms with van der Waals surface area (Å²) in [4.78, 5) is 4.48. The van der Waals surface area contributed by atoms with Crippen LogP contribution < -0.4 is 4.74 Å². The van der Waals surface area contributed by atoms with Crippen molar-refractivity contribution in [2.75, 3.05) is 7.11 Å². The molecule has 0 aliphatic rings. The van der Waals surface area contributed by atoms with Crippen molar-refractivity contribution in [2.45, 2.75) is 6.42 Å². The fourth-order valence-electron chi connectivity index (χ4n) is 3.30. The number of benzene rings is 3. The minimum absolute atomic E-state index is 0.883. The molecule has 0 fully saturated rings. The molecule has 27 heavy (non-hydrogen) atoms. The summed E-state index contributed by atoms with van der Waals surface area (Å²) in [6.07, 6.45) is 2.72. The Hall–Kier alpha value is -3.39. The van der Waals surface area contributed by atoms with Gasteiger partial charge in [-0.1, -0.05) is 60.7 Å². The molecule has 0 radical (unpaired) electrons. The average molecular weight is 351 g/mol. The zero-order valence-corrected chi connectivity index (χ0v) is 15.3. The lowest BCUT2D eigenvalue weighted by Crippen LogP contribution is -1.93. The first-order valence-electron chi connectivity index (χ1n) is 9.06. The highest BCUT2D eigenvalue weighted by Gasteiger charge is 2.08. The number of hydrogen-bond acceptors (Lipinski definition) is 2. The highest BCUT2D eigenvalue weighted by Crippen LogP contribution is 2.29. The fourth-order valence-corrected chi connectivity index (χ4v) is 3.30. The number of hydrogen-bond donors (Lipinski definition) is 0. The summed E-state index contributed by atoms with van der Waals surface area (Å²) >= 11 is 0. The van der Waals surface area contributed by atoms with Crippen molar-refractivity contribution in [1.29, 1.82) is 0 Å². The van der Waals surface area contributed by atoms with Gasteiger partial charge in [0.2, 0.25) is 0 Å². The number of ether oxygens (including phenoxy) is 1. The Morgan fingerprint density at radius 3 is 2.30 bits per heavy atom. The summed E-state index contributed by atoms with van der Waals surface area (Å²) in [5, 5.41) is 0. The first-order valence-corrected chi connectivity index (χ1v) is 9.06. The first-order chi connectivity index (χ1) is 13.3. The molecule has 4 rings (SSSR count). The van der Waals surface area contributed by atoms with Crippen LogP contribution in [0.2, 0.25) is 0 Å². The van der Waals surface area contributed by atoms with Crippen LogP contribution in [0, 0.1) is 0 Å². The van der Waals surface area contributed by atoms with Crippen molar-refractivity contribution in [3.8, 4) is 28.1 Å². The molecule has 0 atom stereocenters. The van der Waals surface area contributed by atoms with Crippen molar-refractivity contribution < 1.29 is 4.74 Å². The van der Waals surface area contributed by atoms with Gasteiger partial charge < -0.3 is 4.74 Å². The van der Waals surface area contributed by atoms with Crippen LogP contribution in [0.15, 0.2) is 97.2 Å². The maximum absolute atomic E-state index is 5.26. The molecular weight excluding hydrogens is 330 g/mol. The van der Waals surface area contributed by atoms with Gasteiger partial charge in [-0.25, -0.2) is 0 Å². The van der Waals surface area contributed by atoms with Gasteiger partial charge in [-0.05, 0) is 59.0 Å². The standard InChI is InChI=1S/C25H21NO/c1-27-23-14-12-19(13-15-23)17-20-7-2-3-10-24(20)21-8-6-9-22(18-21)25-11-4-5-16-26-25/h2-16,18H,17H2,1H3. The lowest BCUT2D eigenvalue weighted by atomic mass is 9.93. The van der Waals surface area contributed by atoms with Crippen LogP contribution in [0.1, 0.15) is 11.1 Å². The molecule has 0 N–H and O–H groups in total. The molecule has 0 saturated heterocycles.